The van der Waals surface area contributed by atoms with Crippen molar-refractivity contribution in [1.29, 1.82) is 0 Å². The number of nitrogens with one attached hydrogen (secondary N) is 1. The Kier molecular flexibility index (Phi) is 7.39. The van der Waals surface area contributed by atoms with Crippen LogP contribution in [0.2, 0.25) is 0 Å². The van der Waals surface area contributed by atoms with Crippen molar-refractivity contribution >= 4 is 15.9 Å². The average molecular weight is 398 g/mol. The molecule has 0 aromatic heterocycles. The molecule has 1 aliphatic heterocycles. The Bertz CT molecular complexity index is 718. The molecule has 1 aromatic carbocycles. The summed E-state index contributed by atoms with van der Waals surface area (Å²) in [6, 6.07) is 6.10. The number of sulfonamides is 1. The topological polar surface area (TPSA) is 102 Å². The van der Waals surface area contributed by atoms with Gasteiger partial charge in [0.25, 0.3) is 5.91 Å². The first-order chi connectivity index (χ1) is 12.6. The fraction of sp³-hybridized carbons (Fsp3) is 0.632. The van der Waals surface area contributed by atoms with Gasteiger partial charge in [-0.2, -0.15) is 0 Å². The van der Waals surface area contributed by atoms with Crippen LogP contribution in [0.15, 0.2) is 29.2 Å². The maximum atomic E-state index is 12.7. The van der Waals surface area contributed by atoms with E-state index >= 15 is 0 Å². The van der Waals surface area contributed by atoms with Crippen molar-refractivity contribution in [3.05, 3.63) is 29.8 Å². The summed E-state index contributed by atoms with van der Waals surface area (Å²) >= 11 is 0. The van der Waals surface area contributed by atoms with Crippen LogP contribution in [0.25, 0.3) is 0 Å². The molecule has 1 fully saturated rings. The lowest BCUT2D eigenvalue weighted by Crippen LogP contribution is -2.41. The van der Waals surface area contributed by atoms with Gasteiger partial charge in [0.2, 0.25) is 10.0 Å². The highest BCUT2D eigenvalue weighted by atomic mass is 32.2. The minimum Gasteiger partial charge on any atom is -0.378 e. The summed E-state index contributed by atoms with van der Waals surface area (Å²) in [7, 11) is -3.60. The Hall–Kier alpha value is -1.48. The van der Waals surface area contributed by atoms with Gasteiger partial charge in [-0.3, -0.25) is 4.79 Å². The third kappa shape index (κ3) is 6.57. The molecule has 0 radical (unpaired) electrons. The first-order valence-electron chi connectivity index (χ1n) is 9.37. The van der Waals surface area contributed by atoms with Crippen molar-refractivity contribution in [1.82, 2.24) is 9.62 Å². The van der Waals surface area contributed by atoms with Gasteiger partial charge in [-0.25, -0.2) is 13.1 Å². The van der Waals surface area contributed by atoms with Gasteiger partial charge < -0.3 is 15.4 Å². The highest BCUT2D eigenvalue weighted by Gasteiger charge is 2.25. The molecule has 0 unspecified atom stereocenters. The lowest BCUT2D eigenvalue weighted by atomic mass is 10.1. The molecule has 0 saturated carbocycles. The fourth-order valence-corrected chi connectivity index (χ4v) is 4.40. The summed E-state index contributed by atoms with van der Waals surface area (Å²) < 4.78 is 33.1. The number of carbonyl (C=O) groups excluding carboxylic acids is 1. The molecule has 7 nitrogen and oxygen atoms in total. The molecule has 1 aliphatic rings. The quantitative estimate of drug-likeness (QED) is 0.682. The zero-order valence-electron chi connectivity index (χ0n) is 16.4. The number of nitrogens with two attached hydrogens (primary N) is 1. The zero-order chi connectivity index (χ0) is 20.1. The molecule has 0 bridgehead atoms. The van der Waals surface area contributed by atoms with Gasteiger partial charge in [-0.05, 0) is 70.8 Å². The monoisotopic (exact) mass is 397 g/mol. The van der Waals surface area contributed by atoms with Crippen molar-refractivity contribution in [3.63, 3.8) is 0 Å². The average Bonchev–Trinajstić information content (AvgIpc) is 2.60. The molecular formula is C19H31N3O4S. The first kappa shape index (κ1) is 21.8. The second-order valence-corrected chi connectivity index (χ2v) is 9.57. The summed E-state index contributed by atoms with van der Waals surface area (Å²) in [5.74, 6) is -0.0804. The highest BCUT2D eigenvalue weighted by Crippen LogP contribution is 2.18. The van der Waals surface area contributed by atoms with Crippen LogP contribution < -0.4 is 10.5 Å². The summed E-state index contributed by atoms with van der Waals surface area (Å²) in [6.07, 6.45) is 2.63. The van der Waals surface area contributed by atoms with E-state index in [2.05, 4.69) is 4.72 Å². The molecule has 0 spiro atoms. The van der Waals surface area contributed by atoms with Gasteiger partial charge in [0.05, 0.1) is 11.0 Å². The molecule has 1 saturated heterocycles. The number of ether oxygens (including phenoxy) is 1. The predicted octanol–water partition coefficient (Wildman–Crippen LogP) is 1.73. The van der Waals surface area contributed by atoms with Gasteiger partial charge >= 0.3 is 0 Å². The molecule has 2 rings (SSSR count). The standard InChI is InChI=1S/C19H31N3O4S/c1-19(2,3)21-27(24,25)17-7-5-15(6-8-17)18(23)22-12-9-16(10-13-22)26-14-4-11-20/h5-8,16,21H,4,9-14,20H2,1-3H3. The maximum Gasteiger partial charge on any atom is 0.253 e. The van der Waals surface area contributed by atoms with Crippen LogP contribution in [0, 0.1) is 0 Å². The molecule has 1 aromatic rings. The molecule has 152 valence electrons. The van der Waals surface area contributed by atoms with Crippen LogP contribution in [-0.4, -0.2) is 57.1 Å². The van der Waals surface area contributed by atoms with E-state index < -0.39 is 15.6 Å². The molecule has 3 N–H and O–H groups in total. The summed E-state index contributed by atoms with van der Waals surface area (Å²) in [6.45, 7) is 7.90. The van der Waals surface area contributed by atoms with Crippen LogP contribution in [-0.2, 0) is 14.8 Å². The van der Waals surface area contributed by atoms with Crippen molar-refractivity contribution in [2.45, 2.75) is 56.6 Å². The fourth-order valence-electron chi connectivity index (χ4n) is 2.98. The molecule has 1 amide bonds. The third-order valence-electron chi connectivity index (χ3n) is 4.28. The van der Waals surface area contributed by atoms with E-state index in [0.717, 1.165) is 19.3 Å². The van der Waals surface area contributed by atoms with E-state index in [4.69, 9.17) is 10.5 Å². The number of carbonyl (C=O) groups is 1. The smallest absolute Gasteiger partial charge is 0.253 e. The van der Waals surface area contributed by atoms with Crippen molar-refractivity contribution < 1.29 is 17.9 Å². The summed E-state index contributed by atoms with van der Waals surface area (Å²) in [5.41, 5.74) is 5.39. The number of amides is 1. The zero-order valence-corrected chi connectivity index (χ0v) is 17.2. The van der Waals surface area contributed by atoms with E-state index in [0.29, 0.717) is 31.8 Å². The molecule has 8 heteroatoms. The Morgan fingerprint density at radius 1 is 1.22 bits per heavy atom. The number of rotatable bonds is 7. The third-order valence-corrected chi connectivity index (χ3v) is 6.06. The van der Waals surface area contributed by atoms with Crippen LogP contribution in [0.4, 0.5) is 0 Å². The number of hydrogen-bond acceptors (Lipinski definition) is 5. The van der Waals surface area contributed by atoms with Crippen LogP contribution in [0.5, 0.6) is 0 Å². The van der Waals surface area contributed by atoms with E-state index in [1.165, 1.54) is 12.1 Å². The normalized spacial score (nSPS) is 16.5. The lowest BCUT2D eigenvalue weighted by Gasteiger charge is -2.32. The molecule has 27 heavy (non-hydrogen) atoms. The van der Waals surface area contributed by atoms with Gasteiger partial charge in [0, 0.05) is 30.8 Å². The van der Waals surface area contributed by atoms with Crippen LogP contribution in [0.1, 0.15) is 50.4 Å². The van der Waals surface area contributed by atoms with Gasteiger partial charge in [0.15, 0.2) is 0 Å². The van der Waals surface area contributed by atoms with E-state index in [-0.39, 0.29) is 16.9 Å². The number of likely N-dealkylation sites (tertiary alicyclic amines) is 1. The van der Waals surface area contributed by atoms with Crippen molar-refractivity contribution in [2.75, 3.05) is 26.2 Å². The Morgan fingerprint density at radius 2 is 1.81 bits per heavy atom. The maximum absolute atomic E-state index is 12.7. The number of benzene rings is 1. The Morgan fingerprint density at radius 3 is 2.33 bits per heavy atom. The van der Waals surface area contributed by atoms with E-state index in [1.54, 1.807) is 37.8 Å². The number of nitrogens with zero attached hydrogens (tertiary/aromatic N) is 1. The Balaban J connectivity index is 1.95. The van der Waals surface area contributed by atoms with E-state index in [1.807, 2.05) is 0 Å². The number of hydrogen-bond donors (Lipinski definition) is 2. The first-order valence-corrected chi connectivity index (χ1v) is 10.9. The second kappa shape index (κ2) is 9.14. The SMILES string of the molecule is CC(C)(C)NS(=O)(=O)c1ccc(C(=O)N2CCC(OCCCN)CC2)cc1. The lowest BCUT2D eigenvalue weighted by molar-refractivity contribution is 0.00844. The second-order valence-electron chi connectivity index (χ2n) is 7.88. The number of piperidine rings is 1. The molecule has 1 heterocycles. The van der Waals surface area contributed by atoms with Gasteiger partial charge in [0.1, 0.15) is 0 Å². The van der Waals surface area contributed by atoms with Crippen molar-refractivity contribution in [3.8, 4) is 0 Å². The van der Waals surface area contributed by atoms with Gasteiger partial charge in [-0.15, -0.1) is 0 Å². The summed E-state index contributed by atoms with van der Waals surface area (Å²) in [4.78, 5) is 14.6. The van der Waals surface area contributed by atoms with Crippen LogP contribution >= 0.6 is 0 Å². The Labute approximate surface area is 162 Å². The molecular weight excluding hydrogens is 366 g/mol. The molecule has 0 aliphatic carbocycles. The summed E-state index contributed by atoms with van der Waals surface area (Å²) in [5, 5.41) is 0. The van der Waals surface area contributed by atoms with Gasteiger partial charge in [-0.1, -0.05) is 0 Å². The van der Waals surface area contributed by atoms with Crippen molar-refractivity contribution in [2.24, 2.45) is 5.73 Å². The minimum absolute atomic E-state index is 0.0804. The largest absolute Gasteiger partial charge is 0.378 e. The minimum atomic E-state index is -3.60. The van der Waals surface area contributed by atoms with Crippen LogP contribution in [0.3, 0.4) is 0 Å². The molecule has 0 atom stereocenters. The predicted molar refractivity (Wildman–Crippen MR) is 105 cm³/mol. The van der Waals surface area contributed by atoms with E-state index in [9.17, 15) is 13.2 Å². The highest BCUT2D eigenvalue weighted by molar-refractivity contribution is 7.89.